The molecule has 2 heterocycles. The Balaban J connectivity index is 1.62. The van der Waals surface area contributed by atoms with Crippen molar-refractivity contribution in [2.24, 2.45) is 0 Å². The summed E-state index contributed by atoms with van der Waals surface area (Å²) >= 11 is 6.08. The minimum atomic E-state index is -0.138. The minimum Gasteiger partial charge on any atom is -0.454 e. The molecule has 1 aliphatic heterocycles. The number of hydrogen-bond acceptors (Lipinski definition) is 4. The van der Waals surface area contributed by atoms with Crippen LogP contribution in [0.5, 0.6) is 11.5 Å². The van der Waals surface area contributed by atoms with Gasteiger partial charge in [0.1, 0.15) is 0 Å². The average Bonchev–Trinajstić information content (AvgIpc) is 3.26. The van der Waals surface area contributed by atoms with E-state index in [-0.39, 0.29) is 12.7 Å². The zero-order valence-electron chi connectivity index (χ0n) is 14.3. The first kappa shape index (κ1) is 16.5. The Morgan fingerprint density at radius 3 is 2.77 bits per heavy atom. The first-order chi connectivity index (χ1) is 12.5. The number of nitrogens with zero attached hydrogens (tertiary/aromatic N) is 3. The molecule has 1 aliphatic rings. The molecule has 0 spiro atoms. The minimum absolute atomic E-state index is 0.138. The van der Waals surface area contributed by atoms with E-state index in [2.05, 4.69) is 5.10 Å². The van der Waals surface area contributed by atoms with Gasteiger partial charge in [0.05, 0.1) is 16.4 Å². The lowest BCUT2D eigenvalue weighted by molar-refractivity contribution is 0.0993. The molecule has 0 bridgehead atoms. The molecule has 6 nitrogen and oxygen atoms in total. The zero-order chi connectivity index (χ0) is 18.3. The lowest BCUT2D eigenvalue weighted by Gasteiger charge is -2.18. The number of carbonyl (C=O) groups is 1. The molecular weight excluding hydrogens is 354 g/mol. The molecule has 2 aromatic carbocycles. The maximum atomic E-state index is 12.9. The number of fused-ring (bicyclic) bond motifs is 1. The summed E-state index contributed by atoms with van der Waals surface area (Å²) in [6.07, 6.45) is 1.72. The van der Waals surface area contributed by atoms with Gasteiger partial charge in [-0.3, -0.25) is 4.79 Å². The molecule has 0 fully saturated rings. The van der Waals surface area contributed by atoms with Gasteiger partial charge >= 0.3 is 0 Å². The summed E-state index contributed by atoms with van der Waals surface area (Å²) in [6, 6.07) is 12.7. The highest BCUT2D eigenvalue weighted by atomic mass is 35.5. The van der Waals surface area contributed by atoms with Gasteiger partial charge in [-0.15, -0.1) is 0 Å². The number of carbonyl (C=O) groups excluding carboxylic acids is 1. The molecule has 0 N–H and O–H groups in total. The lowest BCUT2D eigenvalue weighted by atomic mass is 10.1. The molecule has 1 aromatic heterocycles. The molecule has 0 atom stereocenters. The summed E-state index contributed by atoms with van der Waals surface area (Å²) in [7, 11) is 1.72. The highest BCUT2D eigenvalue weighted by molar-refractivity contribution is 6.31. The zero-order valence-corrected chi connectivity index (χ0v) is 15.0. The van der Waals surface area contributed by atoms with Crippen molar-refractivity contribution in [1.29, 1.82) is 0 Å². The maximum Gasteiger partial charge on any atom is 0.258 e. The number of ether oxygens (including phenoxy) is 2. The van der Waals surface area contributed by atoms with Crippen LogP contribution in [-0.2, 0) is 0 Å². The van der Waals surface area contributed by atoms with Crippen molar-refractivity contribution >= 4 is 23.2 Å². The Bertz CT molecular complexity index is 980. The first-order valence-electron chi connectivity index (χ1n) is 8.03. The number of hydrogen-bond donors (Lipinski definition) is 0. The Hall–Kier alpha value is -2.99. The van der Waals surface area contributed by atoms with Gasteiger partial charge in [-0.1, -0.05) is 17.7 Å². The fourth-order valence-electron chi connectivity index (χ4n) is 2.76. The molecule has 0 aliphatic carbocycles. The molecule has 4 rings (SSSR count). The second-order valence-electron chi connectivity index (χ2n) is 5.96. The first-order valence-corrected chi connectivity index (χ1v) is 8.40. The van der Waals surface area contributed by atoms with Crippen LogP contribution in [0, 0.1) is 6.92 Å². The number of amides is 1. The van der Waals surface area contributed by atoms with Gasteiger partial charge in [0, 0.05) is 30.6 Å². The van der Waals surface area contributed by atoms with E-state index in [1.165, 1.54) is 0 Å². The van der Waals surface area contributed by atoms with Crippen LogP contribution >= 0.6 is 11.6 Å². The summed E-state index contributed by atoms with van der Waals surface area (Å²) in [6.45, 7) is 2.03. The van der Waals surface area contributed by atoms with Gasteiger partial charge in [-0.05, 0) is 37.3 Å². The molecule has 26 heavy (non-hydrogen) atoms. The van der Waals surface area contributed by atoms with Gasteiger partial charge in [0.15, 0.2) is 11.5 Å². The second-order valence-corrected chi connectivity index (χ2v) is 6.37. The molecule has 0 saturated carbocycles. The lowest BCUT2D eigenvalue weighted by Crippen LogP contribution is -2.26. The van der Waals surface area contributed by atoms with Crippen molar-refractivity contribution < 1.29 is 14.3 Å². The van der Waals surface area contributed by atoms with Crippen molar-refractivity contribution in [3.63, 3.8) is 0 Å². The molecule has 1 amide bonds. The number of aromatic nitrogens is 2. The Morgan fingerprint density at radius 1 is 1.19 bits per heavy atom. The summed E-state index contributed by atoms with van der Waals surface area (Å²) in [5, 5.41) is 4.94. The van der Waals surface area contributed by atoms with Crippen LogP contribution in [0.3, 0.4) is 0 Å². The van der Waals surface area contributed by atoms with E-state index < -0.39 is 0 Å². The average molecular weight is 370 g/mol. The van der Waals surface area contributed by atoms with Crippen LogP contribution in [-0.4, -0.2) is 29.5 Å². The standard InChI is InChI=1S/C19H16ClN3O3/c1-12-16(20)10-23(21-12)15-5-3-4-13(8-15)19(24)22(2)14-6-7-17-18(9-14)26-11-25-17/h3-10H,11H2,1-2H3. The van der Waals surface area contributed by atoms with Crippen LogP contribution in [0.25, 0.3) is 5.69 Å². The third kappa shape index (κ3) is 2.88. The largest absolute Gasteiger partial charge is 0.454 e. The number of benzene rings is 2. The fraction of sp³-hybridized carbons (Fsp3) is 0.158. The van der Waals surface area contributed by atoms with Crippen LogP contribution in [0.15, 0.2) is 48.7 Å². The SMILES string of the molecule is Cc1nn(-c2cccc(C(=O)N(C)c3ccc4c(c3)OCO4)c2)cc1Cl. The highest BCUT2D eigenvalue weighted by Crippen LogP contribution is 2.35. The van der Waals surface area contributed by atoms with E-state index in [0.717, 1.165) is 17.1 Å². The van der Waals surface area contributed by atoms with E-state index in [4.69, 9.17) is 21.1 Å². The smallest absolute Gasteiger partial charge is 0.258 e. The van der Waals surface area contributed by atoms with Crippen molar-refractivity contribution in [2.45, 2.75) is 6.92 Å². The Labute approximate surface area is 155 Å². The van der Waals surface area contributed by atoms with Crippen molar-refractivity contribution in [2.75, 3.05) is 18.7 Å². The summed E-state index contributed by atoms with van der Waals surface area (Å²) in [4.78, 5) is 14.5. The van der Waals surface area contributed by atoms with Crippen LogP contribution in [0.4, 0.5) is 5.69 Å². The summed E-state index contributed by atoms with van der Waals surface area (Å²) in [5.41, 5.74) is 2.78. The number of aryl methyl sites for hydroxylation is 1. The third-order valence-electron chi connectivity index (χ3n) is 4.24. The monoisotopic (exact) mass is 369 g/mol. The van der Waals surface area contributed by atoms with Crippen molar-refractivity contribution in [3.05, 3.63) is 64.9 Å². The Morgan fingerprint density at radius 2 is 2.00 bits per heavy atom. The third-order valence-corrected chi connectivity index (χ3v) is 4.62. The Kier molecular flexibility index (Phi) is 4.05. The predicted molar refractivity (Wildman–Crippen MR) is 98.6 cm³/mol. The fourth-order valence-corrected chi connectivity index (χ4v) is 2.89. The molecule has 3 aromatic rings. The topological polar surface area (TPSA) is 56.6 Å². The van der Waals surface area contributed by atoms with E-state index in [0.29, 0.717) is 22.1 Å². The summed E-state index contributed by atoms with van der Waals surface area (Å²) in [5.74, 6) is 1.18. The van der Waals surface area contributed by atoms with Crippen LogP contribution in [0.1, 0.15) is 16.1 Å². The quantitative estimate of drug-likeness (QED) is 0.704. The predicted octanol–water partition coefficient (Wildman–Crippen LogP) is 3.84. The summed E-state index contributed by atoms with van der Waals surface area (Å²) < 4.78 is 12.4. The van der Waals surface area contributed by atoms with E-state index >= 15 is 0 Å². The van der Waals surface area contributed by atoms with E-state index in [9.17, 15) is 4.79 Å². The number of halogens is 1. The van der Waals surface area contributed by atoms with E-state index in [1.54, 1.807) is 47.1 Å². The highest BCUT2D eigenvalue weighted by Gasteiger charge is 2.19. The van der Waals surface area contributed by atoms with Gasteiger partial charge in [-0.25, -0.2) is 4.68 Å². The molecule has 7 heteroatoms. The molecule has 0 saturated heterocycles. The molecule has 132 valence electrons. The van der Waals surface area contributed by atoms with Gasteiger partial charge in [-0.2, -0.15) is 5.10 Å². The normalized spacial score (nSPS) is 12.3. The van der Waals surface area contributed by atoms with Crippen molar-refractivity contribution in [3.8, 4) is 17.2 Å². The van der Waals surface area contributed by atoms with Crippen molar-refractivity contribution in [1.82, 2.24) is 9.78 Å². The van der Waals surface area contributed by atoms with Crippen LogP contribution in [0.2, 0.25) is 5.02 Å². The maximum absolute atomic E-state index is 12.9. The molecule has 0 unspecified atom stereocenters. The second kappa shape index (κ2) is 6.38. The molecule has 0 radical (unpaired) electrons. The van der Waals surface area contributed by atoms with Crippen LogP contribution < -0.4 is 14.4 Å². The van der Waals surface area contributed by atoms with Gasteiger partial charge in [0.25, 0.3) is 5.91 Å². The number of rotatable bonds is 3. The number of anilines is 1. The molecular formula is C19H16ClN3O3. The van der Waals surface area contributed by atoms with Gasteiger partial charge < -0.3 is 14.4 Å². The van der Waals surface area contributed by atoms with E-state index in [1.807, 2.05) is 25.1 Å². The van der Waals surface area contributed by atoms with Gasteiger partial charge in [0.2, 0.25) is 6.79 Å².